The molecule has 0 bridgehead atoms. The Labute approximate surface area is 130 Å². The summed E-state index contributed by atoms with van der Waals surface area (Å²) >= 11 is 0. The quantitative estimate of drug-likeness (QED) is 0.858. The van der Waals surface area contributed by atoms with Crippen LogP contribution in [0.15, 0.2) is 24.3 Å². The van der Waals surface area contributed by atoms with E-state index in [0.717, 1.165) is 12.5 Å². The first-order valence-electron chi connectivity index (χ1n) is 8.68. The second-order valence-electron chi connectivity index (χ2n) is 6.84. The molecule has 1 aliphatic rings. The van der Waals surface area contributed by atoms with Gasteiger partial charge in [0.25, 0.3) is 0 Å². The monoisotopic (exact) mass is 288 g/mol. The van der Waals surface area contributed by atoms with Gasteiger partial charge in [-0.15, -0.1) is 0 Å². The molecule has 1 unspecified atom stereocenters. The topological polar surface area (TPSA) is 29.3 Å². The lowest BCUT2D eigenvalue weighted by molar-refractivity contribution is 0.169. The molecular weight excluding hydrogens is 256 g/mol. The van der Waals surface area contributed by atoms with Gasteiger partial charge in [-0.05, 0) is 74.3 Å². The number of rotatable bonds is 6. The highest BCUT2D eigenvalue weighted by Crippen LogP contribution is 2.32. The maximum Gasteiger partial charge on any atom is -0.000555 e. The van der Waals surface area contributed by atoms with Crippen LogP contribution in [0, 0.1) is 5.92 Å². The van der Waals surface area contributed by atoms with Crippen molar-refractivity contribution in [3.8, 4) is 0 Å². The zero-order valence-corrected chi connectivity index (χ0v) is 14.0. The number of likely N-dealkylation sites (tertiary alicyclic amines) is 1. The first-order valence-corrected chi connectivity index (χ1v) is 8.68. The smallest absolute Gasteiger partial charge is 0.000555 e. The normalized spacial score (nSPS) is 19.1. The maximum atomic E-state index is 6.11. The second kappa shape index (κ2) is 7.95. The minimum Gasteiger partial charge on any atom is -0.330 e. The first kappa shape index (κ1) is 16.5. The summed E-state index contributed by atoms with van der Waals surface area (Å²) in [4.78, 5) is 2.60. The zero-order chi connectivity index (χ0) is 15.2. The van der Waals surface area contributed by atoms with Gasteiger partial charge in [0.1, 0.15) is 0 Å². The predicted molar refractivity (Wildman–Crippen MR) is 91.8 cm³/mol. The number of piperidine rings is 1. The number of nitrogens with two attached hydrogens (primary N) is 1. The van der Waals surface area contributed by atoms with Crippen LogP contribution < -0.4 is 5.73 Å². The van der Waals surface area contributed by atoms with Crippen molar-refractivity contribution in [2.24, 2.45) is 11.7 Å². The molecule has 1 heterocycles. The Morgan fingerprint density at radius 1 is 1.10 bits per heavy atom. The Balaban J connectivity index is 1.99. The highest BCUT2D eigenvalue weighted by Gasteiger charge is 2.26. The van der Waals surface area contributed by atoms with E-state index in [2.05, 4.69) is 49.9 Å². The molecule has 21 heavy (non-hydrogen) atoms. The van der Waals surface area contributed by atoms with Crippen LogP contribution in [0.2, 0.25) is 0 Å². The Morgan fingerprint density at radius 3 is 2.14 bits per heavy atom. The molecule has 1 atom stereocenters. The first-order chi connectivity index (χ1) is 10.2. The molecule has 0 aromatic heterocycles. The fourth-order valence-corrected chi connectivity index (χ4v) is 3.62. The van der Waals surface area contributed by atoms with Crippen LogP contribution >= 0.6 is 0 Å². The van der Waals surface area contributed by atoms with Crippen molar-refractivity contribution in [3.05, 3.63) is 35.4 Å². The zero-order valence-electron chi connectivity index (χ0n) is 14.0. The molecule has 1 aromatic rings. The summed E-state index contributed by atoms with van der Waals surface area (Å²) in [6.07, 6.45) is 3.86. The van der Waals surface area contributed by atoms with E-state index in [1.165, 1.54) is 50.0 Å². The molecule has 2 heteroatoms. The molecule has 0 amide bonds. The van der Waals surface area contributed by atoms with Gasteiger partial charge in [-0.1, -0.05) is 45.0 Å². The summed E-state index contributed by atoms with van der Waals surface area (Å²) in [5.41, 5.74) is 8.98. The average molecular weight is 288 g/mol. The maximum absolute atomic E-state index is 6.11. The number of hydrogen-bond donors (Lipinski definition) is 1. The molecular formula is C19H32N2. The van der Waals surface area contributed by atoms with E-state index in [1.807, 2.05) is 0 Å². The van der Waals surface area contributed by atoms with Gasteiger partial charge in [0.2, 0.25) is 0 Å². The highest BCUT2D eigenvalue weighted by molar-refractivity contribution is 5.28. The average Bonchev–Trinajstić information content (AvgIpc) is 2.50. The molecule has 0 aliphatic carbocycles. The van der Waals surface area contributed by atoms with E-state index >= 15 is 0 Å². The van der Waals surface area contributed by atoms with Crippen molar-refractivity contribution in [2.75, 3.05) is 26.2 Å². The number of benzene rings is 1. The summed E-state index contributed by atoms with van der Waals surface area (Å²) in [5, 5.41) is 0. The van der Waals surface area contributed by atoms with Crippen LogP contribution in [0.4, 0.5) is 0 Å². The lowest BCUT2D eigenvalue weighted by Gasteiger charge is -2.36. The van der Waals surface area contributed by atoms with Crippen LogP contribution in [0.25, 0.3) is 0 Å². The summed E-state index contributed by atoms with van der Waals surface area (Å²) in [6, 6.07) is 9.19. The Bertz CT molecular complexity index is 402. The molecule has 1 fully saturated rings. The molecule has 1 saturated heterocycles. The Hall–Kier alpha value is -0.860. The summed E-state index contributed by atoms with van der Waals surface area (Å²) in [6.45, 7) is 11.3. The van der Waals surface area contributed by atoms with Gasteiger partial charge in [0.15, 0.2) is 0 Å². The fourth-order valence-electron chi connectivity index (χ4n) is 3.62. The van der Waals surface area contributed by atoms with Crippen molar-refractivity contribution in [2.45, 2.75) is 51.9 Å². The van der Waals surface area contributed by atoms with Gasteiger partial charge in [-0.3, -0.25) is 0 Å². The molecule has 2 N–H and O–H groups in total. The van der Waals surface area contributed by atoms with Gasteiger partial charge >= 0.3 is 0 Å². The van der Waals surface area contributed by atoms with E-state index in [0.29, 0.717) is 11.8 Å². The van der Waals surface area contributed by atoms with Crippen molar-refractivity contribution >= 4 is 0 Å². The number of hydrogen-bond acceptors (Lipinski definition) is 2. The minimum atomic E-state index is 0.537. The SMILES string of the molecule is CCCN1CCC(C(CN)c2ccc(C(C)C)cc2)CC1. The Morgan fingerprint density at radius 2 is 1.67 bits per heavy atom. The predicted octanol–water partition coefficient (Wildman–Crippen LogP) is 3.97. The van der Waals surface area contributed by atoms with Crippen molar-refractivity contribution in [3.63, 3.8) is 0 Å². The van der Waals surface area contributed by atoms with Gasteiger partial charge in [0, 0.05) is 0 Å². The molecule has 0 radical (unpaired) electrons. The molecule has 0 spiro atoms. The third-order valence-electron chi connectivity index (χ3n) is 5.03. The third-order valence-corrected chi connectivity index (χ3v) is 5.03. The fraction of sp³-hybridized carbons (Fsp3) is 0.684. The highest BCUT2D eigenvalue weighted by atomic mass is 15.1. The summed E-state index contributed by atoms with van der Waals surface area (Å²) in [5.74, 6) is 1.90. The lowest BCUT2D eigenvalue weighted by Crippen LogP contribution is -2.37. The largest absolute Gasteiger partial charge is 0.330 e. The van der Waals surface area contributed by atoms with Crippen LogP contribution in [0.5, 0.6) is 0 Å². The van der Waals surface area contributed by atoms with Crippen LogP contribution in [0.1, 0.15) is 63.0 Å². The Kier molecular flexibility index (Phi) is 6.25. The van der Waals surface area contributed by atoms with Crippen LogP contribution in [-0.2, 0) is 0 Å². The van der Waals surface area contributed by atoms with Crippen molar-refractivity contribution < 1.29 is 0 Å². The van der Waals surface area contributed by atoms with Crippen LogP contribution in [0.3, 0.4) is 0 Å². The molecule has 2 rings (SSSR count). The molecule has 118 valence electrons. The number of nitrogens with zero attached hydrogens (tertiary/aromatic N) is 1. The van der Waals surface area contributed by atoms with E-state index in [9.17, 15) is 0 Å². The van der Waals surface area contributed by atoms with E-state index in [1.54, 1.807) is 0 Å². The van der Waals surface area contributed by atoms with Gasteiger partial charge in [-0.2, -0.15) is 0 Å². The summed E-state index contributed by atoms with van der Waals surface area (Å²) < 4.78 is 0. The molecule has 2 nitrogen and oxygen atoms in total. The molecule has 1 aromatic carbocycles. The lowest BCUT2D eigenvalue weighted by atomic mass is 9.79. The van der Waals surface area contributed by atoms with E-state index < -0.39 is 0 Å². The van der Waals surface area contributed by atoms with Gasteiger partial charge in [-0.25, -0.2) is 0 Å². The molecule has 1 aliphatic heterocycles. The second-order valence-corrected chi connectivity index (χ2v) is 6.84. The van der Waals surface area contributed by atoms with Gasteiger partial charge < -0.3 is 10.6 Å². The van der Waals surface area contributed by atoms with Crippen LogP contribution in [-0.4, -0.2) is 31.1 Å². The van der Waals surface area contributed by atoms with Gasteiger partial charge in [0.05, 0.1) is 0 Å². The van der Waals surface area contributed by atoms with E-state index in [-0.39, 0.29) is 0 Å². The van der Waals surface area contributed by atoms with Crippen molar-refractivity contribution in [1.29, 1.82) is 0 Å². The molecule has 0 saturated carbocycles. The van der Waals surface area contributed by atoms with Crippen molar-refractivity contribution in [1.82, 2.24) is 4.90 Å². The minimum absolute atomic E-state index is 0.537. The standard InChI is InChI=1S/C19H32N2/c1-4-11-21-12-9-18(10-13-21)19(14-20)17-7-5-16(6-8-17)15(2)3/h5-8,15,18-19H,4,9-14,20H2,1-3H3. The summed E-state index contributed by atoms with van der Waals surface area (Å²) in [7, 11) is 0. The van der Waals surface area contributed by atoms with E-state index in [4.69, 9.17) is 5.73 Å². The third kappa shape index (κ3) is 4.31.